The Labute approximate surface area is 155 Å². The molecule has 0 saturated heterocycles. The largest absolute Gasteiger partial charge is 0.500 e. The molecule has 0 aliphatic heterocycles. The first-order chi connectivity index (χ1) is 12.2. The van der Waals surface area contributed by atoms with E-state index < -0.39 is 8.80 Å². The zero-order valence-electron chi connectivity index (χ0n) is 15.1. The van der Waals surface area contributed by atoms with Gasteiger partial charge in [0, 0.05) is 43.2 Å². The van der Waals surface area contributed by atoms with Gasteiger partial charge in [-0.15, -0.1) is 0 Å². The molecule has 0 spiro atoms. The smallest absolute Gasteiger partial charge is 0.442 e. The lowest BCUT2D eigenvalue weighted by atomic mass is 10.2. The van der Waals surface area contributed by atoms with E-state index >= 15 is 0 Å². The zero-order valence-corrected chi connectivity index (χ0v) is 16.8. The topological polar surface area (TPSA) is 53.2 Å². The van der Waals surface area contributed by atoms with Crippen molar-refractivity contribution in [3.63, 3.8) is 0 Å². The van der Waals surface area contributed by atoms with Gasteiger partial charge in [0.15, 0.2) is 5.76 Å². The molecule has 0 fully saturated rings. The van der Waals surface area contributed by atoms with Crippen molar-refractivity contribution in [1.29, 1.82) is 0 Å². The van der Waals surface area contributed by atoms with Gasteiger partial charge in [-0.3, -0.25) is 4.99 Å². The monoisotopic (exact) mass is 383 g/mol. The van der Waals surface area contributed by atoms with Crippen LogP contribution in [0.3, 0.4) is 0 Å². The predicted molar refractivity (Wildman–Crippen MR) is 104 cm³/mol. The number of halogens is 1. The summed E-state index contributed by atoms with van der Waals surface area (Å²) in [4.78, 5) is 4.47. The number of nitrogens with zero attached hydrogens (tertiary/aromatic N) is 1. The van der Waals surface area contributed by atoms with Gasteiger partial charge in [-0.1, -0.05) is 18.2 Å². The molecule has 0 aliphatic carbocycles. The first-order valence-electron chi connectivity index (χ1n) is 8.74. The molecule has 7 heteroatoms. The van der Waals surface area contributed by atoms with Crippen LogP contribution in [0.15, 0.2) is 33.7 Å². The van der Waals surface area contributed by atoms with Gasteiger partial charge in [0.25, 0.3) is 0 Å². The minimum atomic E-state index is -2.58. The second-order valence-electron chi connectivity index (χ2n) is 5.41. The van der Waals surface area contributed by atoms with Crippen LogP contribution in [0.4, 0.5) is 0 Å². The van der Waals surface area contributed by atoms with Gasteiger partial charge in [-0.25, -0.2) is 0 Å². The first kappa shape index (κ1) is 20.1. The Hall–Kier alpha value is -1.18. The predicted octanol–water partition coefficient (Wildman–Crippen LogP) is 4.94. The molecule has 0 N–H and O–H groups in total. The number of rotatable bonds is 11. The third kappa shape index (κ3) is 5.39. The number of hydrogen-bond acceptors (Lipinski definition) is 5. The Bertz CT molecular complexity index is 672. The summed E-state index contributed by atoms with van der Waals surface area (Å²) in [5.41, 5.74) is 0. The first-order valence-corrected chi connectivity index (χ1v) is 11.1. The second kappa shape index (κ2) is 10.1. The summed E-state index contributed by atoms with van der Waals surface area (Å²) < 4.78 is 23.1. The molecule has 0 saturated carbocycles. The lowest BCUT2D eigenvalue weighted by Gasteiger charge is -2.28. The van der Waals surface area contributed by atoms with Gasteiger partial charge in [0.1, 0.15) is 0 Å². The van der Waals surface area contributed by atoms with Crippen LogP contribution in [0, 0.1) is 0 Å². The quantitative estimate of drug-likeness (QED) is 0.313. The maximum atomic E-state index is 6.11. The fraction of sp³-hybridized carbons (Fsp3) is 0.500. The summed E-state index contributed by atoms with van der Waals surface area (Å²) in [7, 11) is -2.58. The van der Waals surface area contributed by atoms with Gasteiger partial charge in [0.05, 0.1) is 6.21 Å². The van der Waals surface area contributed by atoms with Crippen molar-refractivity contribution in [2.24, 2.45) is 4.99 Å². The molecule has 25 heavy (non-hydrogen) atoms. The molecule has 0 aliphatic rings. The van der Waals surface area contributed by atoms with E-state index in [-0.39, 0.29) is 0 Å². The minimum absolute atomic E-state index is 0.396. The highest BCUT2D eigenvalue weighted by Crippen LogP contribution is 2.28. The van der Waals surface area contributed by atoms with Crippen LogP contribution in [0.2, 0.25) is 11.3 Å². The molecule has 0 unspecified atom stereocenters. The molecule has 5 nitrogen and oxygen atoms in total. The van der Waals surface area contributed by atoms with E-state index in [9.17, 15) is 0 Å². The van der Waals surface area contributed by atoms with Crippen molar-refractivity contribution < 1.29 is 17.7 Å². The van der Waals surface area contributed by atoms with Crippen molar-refractivity contribution in [2.75, 3.05) is 26.4 Å². The normalized spacial score (nSPS) is 12.5. The fourth-order valence-electron chi connectivity index (χ4n) is 2.71. The van der Waals surface area contributed by atoms with E-state index in [1.54, 1.807) is 6.21 Å². The molecule has 1 heterocycles. The molecular formula is C18H26ClNO4Si. The number of benzene rings is 1. The lowest BCUT2D eigenvalue weighted by molar-refractivity contribution is 0.0710. The highest BCUT2D eigenvalue weighted by atomic mass is 35.5. The van der Waals surface area contributed by atoms with E-state index in [0.29, 0.717) is 37.3 Å². The Morgan fingerprint density at radius 1 is 1.04 bits per heavy atom. The molecule has 1 aromatic heterocycles. The number of furan rings is 1. The Morgan fingerprint density at radius 2 is 1.64 bits per heavy atom. The SMILES string of the molecule is CCO[Si](CCCN=Cc1oc(Cl)c2ccccc12)(OCC)OCC. The Balaban J connectivity index is 1.95. The van der Waals surface area contributed by atoms with Crippen molar-refractivity contribution >= 4 is 37.4 Å². The highest BCUT2D eigenvalue weighted by molar-refractivity contribution is 6.60. The molecule has 0 radical (unpaired) electrons. The third-order valence-electron chi connectivity index (χ3n) is 3.68. The standard InChI is InChI=1S/C18H26ClNO4Si/c1-4-21-25(22-5-2,23-6-3)13-9-12-20-14-17-15-10-7-8-11-16(15)18(19)24-17/h7-8,10-11,14H,4-6,9,12-13H2,1-3H3. The summed E-state index contributed by atoms with van der Waals surface area (Å²) in [6.07, 6.45) is 2.56. The average Bonchev–Trinajstić information content (AvgIpc) is 2.92. The van der Waals surface area contributed by atoms with E-state index in [4.69, 9.17) is 29.3 Å². The summed E-state index contributed by atoms with van der Waals surface area (Å²) in [6.45, 7) is 8.30. The summed E-state index contributed by atoms with van der Waals surface area (Å²) in [5, 5.41) is 2.27. The molecule has 0 bridgehead atoms. The molecule has 2 aromatic rings. The van der Waals surface area contributed by atoms with Crippen LogP contribution in [0.25, 0.3) is 10.8 Å². The second-order valence-corrected chi connectivity index (χ2v) is 8.48. The van der Waals surface area contributed by atoms with E-state index in [2.05, 4.69) is 4.99 Å². The molecule has 2 rings (SSSR count). The molecule has 138 valence electrons. The minimum Gasteiger partial charge on any atom is -0.442 e. The summed E-state index contributed by atoms with van der Waals surface area (Å²) >= 11 is 6.11. The van der Waals surface area contributed by atoms with Gasteiger partial charge in [-0.2, -0.15) is 0 Å². The van der Waals surface area contributed by atoms with Crippen LogP contribution in [-0.2, 0) is 13.3 Å². The molecular weight excluding hydrogens is 358 g/mol. The maximum Gasteiger partial charge on any atom is 0.500 e. The average molecular weight is 384 g/mol. The van der Waals surface area contributed by atoms with E-state index in [0.717, 1.165) is 23.2 Å². The molecule has 0 amide bonds. The van der Waals surface area contributed by atoms with E-state index in [1.807, 2.05) is 45.0 Å². The van der Waals surface area contributed by atoms with Crippen LogP contribution < -0.4 is 0 Å². The Morgan fingerprint density at radius 3 is 2.24 bits per heavy atom. The summed E-state index contributed by atoms with van der Waals surface area (Å²) in [5.74, 6) is 0.684. The van der Waals surface area contributed by atoms with E-state index in [1.165, 1.54) is 0 Å². The molecule has 0 atom stereocenters. The van der Waals surface area contributed by atoms with Crippen molar-refractivity contribution in [2.45, 2.75) is 33.2 Å². The lowest BCUT2D eigenvalue weighted by Crippen LogP contribution is -2.46. The number of aliphatic imine (C=N–C) groups is 1. The van der Waals surface area contributed by atoms with Crippen LogP contribution in [-0.4, -0.2) is 41.4 Å². The van der Waals surface area contributed by atoms with Crippen molar-refractivity contribution in [3.05, 3.63) is 35.2 Å². The third-order valence-corrected chi connectivity index (χ3v) is 7.11. The number of hydrogen-bond donors (Lipinski definition) is 0. The maximum absolute atomic E-state index is 6.11. The Kier molecular flexibility index (Phi) is 8.12. The molecule has 1 aromatic carbocycles. The van der Waals surface area contributed by atoms with Gasteiger partial charge in [0.2, 0.25) is 5.22 Å². The highest BCUT2D eigenvalue weighted by Gasteiger charge is 2.39. The fourth-order valence-corrected chi connectivity index (χ4v) is 5.55. The zero-order chi connectivity index (χ0) is 18.1. The van der Waals surface area contributed by atoms with Crippen molar-refractivity contribution in [3.8, 4) is 0 Å². The van der Waals surface area contributed by atoms with Gasteiger partial charge < -0.3 is 17.7 Å². The van der Waals surface area contributed by atoms with Gasteiger partial charge >= 0.3 is 8.80 Å². The van der Waals surface area contributed by atoms with Crippen LogP contribution in [0.1, 0.15) is 33.0 Å². The number of fused-ring (bicyclic) bond motifs is 1. The van der Waals surface area contributed by atoms with Crippen LogP contribution >= 0.6 is 11.6 Å². The van der Waals surface area contributed by atoms with Crippen molar-refractivity contribution in [1.82, 2.24) is 0 Å². The van der Waals surface area contributed by atoms with Crippen LogP contribution in [0.5, 0.6) is 0 Å². The van der Waals surface area contributed by atoms with Gasteiger partial charge in [-0.05, 0) is 44.9 Å². The summed E-state index contributed by atoms with van der Waals surface area (Å²) in [6, 6.07) is 8.55.